The minimum Gasteiger partial charge on any atom is -0.457 e. The third-order valence-electron chi connectivity index (χ3n) is 4.93. The van der Waals surface area contributed by atoms with Crippen LogP contribution >= 0.6 is 0 Å². The normalized spacial score (nSPS) is 10.5. The van der Waals surface area contributed by atoms with Crippen LogP contribution < -0.4 is 10.1 Å². The Balaban J connectivity index is 1.38. The van der Waals surface area contributed by atoms with Crippen LogP contribution in [-0.4, -0.2) is 20.7 Å². The number of anilines is 1. The lowest BCUT2D eigenvalue weighted by molar-refractivity contribution is 0.101. The van der Waals surface area contributed by atoms with E-state index in [1.165, 1.54) is 0 Å². The highest BCUT2D eigenvalue weighted by molar-refractivity contribution is 6.01. The number of aromatic nitrogens is 3. The molecule has 5 rings (SSSR count). The Morgan fingerprint density at radius 2 is 1.27 bits per heavy atom. The predicted molar refractivity (Wildman–Crippen MR) is 128 cm³/mol. The van der Waals surface area contributed by atoms with E-state index in [1.54, 1.807) is 28.9 Å². The van der Waals surface area contributed by atoms with E-state index in [-0.39, 0.29) is 5.82 Å². The van der Waals surface area contributed by atoms with Crippen molar-refractivity contribution in [3.8, 4) is 28.6 Å². The molecule has 0 fully saturated rings. The van der Waals surface area contributed by atoms with Crippen LogP contribution in [0.3, 0.4) is 0 Å². The summed E-state index contributed by atoms with van der Waals surface area (Å²) in [5, 5.41) is 7.36. The molecule has 1 heterocycles. The van der Waals surface area contributed by atoms with Crippen molar-refractivity contribution in [1.29, 1.82) is 0 Å². The highest BCUT2D eigenvalue weighted by Crippen LogP contribution is 2.24. The molecule has 5 aromatic rings. The van der Waals surface area contributed by atoms with E-state index in [0.29, 0.717) is 17.3 Å². The number of nitrogens with one attached hydrogen (secondary N) is 1. The standard InChI is InChI=1S/C27H20N4O2/c32-27(28-21-16-18-24(19-17-21)33-23-14-8-3-9-15-23)25-29-26(20-10-4-1-5-11-20)31(30-25)22-12-6-2-7-13-22/h1-19H,(H,28,32). The lowest BCUT2D eigenvalue weighted by Crippen LogP contribution is -2.14. The summed E-state index contributed by atoms with van der Waals surface area (Å²) >= 11 is 0. The predicted octanol–water partition coefficient (Wildman–Crippen LogP) is 5.98. The van der Waals surface area contributed by atoms with Gasteiger partial charge in [0.25, 0.3) is 5.91 Å². The number of carbonyl (C=O) groups excluding carboxylic acids is 1. The van der Waals surface area contributed by atoms with Crippen molar-refractivity contribution in [3.05, 3.63) is 121 Å². The Bertz CT molecular complexity index is 1290. The monoisotopic (exact) mass is 432 g/mol. The van der Waals surface area contributed by atoms with Gasteiger partial charge in [-0.15, -0.1) is 5.10 Å². The fraction of sp³-hybridized carbons (Fsp3) is 0. The molecule has 0 radical (unpaired) electrons. The van der Waals surface area contributed by atoms with Crippen molar-refractivity contribution >= 4 is 11.6 Å². The van der Waals surface area contributed by atoms with Gasteiger partial charge in [-0.3, -0.25) is 4.79 Å². The van der Waals surface area contributed by atoms with Gasteiger partial charge in [-0.25, -0.2) is 9.67 Å². The average Bonchev–Trinajstić information content (AvgIpc) is 3.33. The molecule has 1 N–H and O–H groups in total. The van der Waals surface area contributed by atoms with Crippen molar-refractivity contribution < 1.29 is 9.53 Å². The maximum absolute atomic E-state index is 12.9. The molecule has 160 valence electrons. The van der Waals surface area contributed by atoms with Crippen LogP contribution in [0.2, 0.25) is 0 Å². The highest BCUT2D eigenvalue weighted by atomic mass is 16.5. The van der Waals surface area contributed by atoms with Crippen LogP contribution in [0.15, 0.2) is 115 Å². The molecule has 6 heteroatoms. The van der Waals surface area contributed by atoms with E-state index in [9.17, 15) is 4.79 Å². The summed E-state index contributed by atoms with van der Waals surface area (Å²) in [5.41, 5.74) is 2.32. The number of hydrogen-bond acceptors (Lipinski definition) is 4. The fourth-order valence-electron chi connectivity index (χ4n) is 3.35. The Labute approximate surface area is 191 Å². The molecular formula is C27H20N4O2. The number of amides is 1. The molecule has 0 aliphatic carbocycles. The minimum absolute atomic E-state index is 0.0855. The maximum atomic E-state index is 12.9. The zero-order valence-corrected chi connectivity index (χ0v) is 17.6. The number of hydrogen-bond donors (Lipinski definition) is 1. The third kappa shape index (κ3) is 4.65. The van der Waals surface area contributed by atoms with Crippen molar-refractivity contribution in [2.45, 2.75) is 0 Å². The lowest BCUT2D eigenvalue weighted by atomic mass is 10.2. The first-order valence-electron chi connectivity index (χ1n) is 10.5. The number of carbonyl (C=O) groups is 1. The zero-order chi connectivity index (χ0) is 22.5. The molecule has 6 nitrogen and oxygen atoms in total. The largest absolute Gasteiger partial charge is 0.457 e. The molecule has 0 aliphatic heterocycles. The minimum atomic E-state index is -0.390. The molecule has 1 amide bonds. The summed E-state index contributed by atoms with van der Waals surface area (Å²) < 4.78 is 7.48. The summed E-state index contributed by atoms with van der Waals surface area (Å²) in [7, 11) is 0. The lowest BCUT2D eigenvalue weighted by Gasteiger charge is -2.07. The van der Waals surface area contributed by atoms with Gasteiger partial charge >= 0.3 is 0 Å². The van der Waals surface area contributed by atoms with Gasteiger partial charge in [0.1, 0.15) is 11.5 Å². The second-order valence-electron chi connectivity index (χ2n) is 7.27. The molecule has 0 saturated carbocycles. The number of nitrogens with zero attached hydrogens (tertiary/aromatic N) is 3. The first kappa shape index (κ1) is 20.2. The molecule has 4 aromatic carbocycles. The quantitative estimate of drug-likeness (QED) is 0.358. The number of rotatable bonds is 6. The first-order valence-corrected chi connectivity index (χ1v) is 10.5. The van der Waals surface area contributed by atoms with Gasteiger partial charge in [0.05, 0.1) is 5.69 Å². The van der Waals surface area contributed by atoms with Gasteiger partial charge in [0.2, 0.25) is 5.82 Å². The molecule has 0 saturated heterocycles. The number of para-hydroxylation sites is 2. The molecule has 1 aromatic heterocycles. The van der Waals surface area contributed by atoms with Crippen LogP contribution in [-0.2, 0) is 0 Å². The van der Waals surface area contributed by atoms with Gasteiger partial charge in [0, 0.05) is 11.3 Å². The molecule has 0 unspecified atom stereocenters. The second kappa shape index (κ2) is 9.20. The van der Waals surface area contributed by atoms with Crippen LogP contribution in [0.25, 0.3) is 17.1 Å². The SMILES string of the molecule is O=C(Nc1ccc(Oc2ccccc2)cc1)c1nc(-c2ccccc2)n(-c2ccccc2)n1. The molecular weight excluding hydrogens is 412 g/mol. The number of ether oxygens (including phenoxy) is 1. The summed E-state index contributed by atoms with van der Waals surface area (Å²) in [6, 6.07) is 36.0. The van der Waals surface area contributed by atoms with Gasteiger partial charge in [-0.05, 0) is 48.5 Å². The zero-order valence-electron chi connectivity index (χ0n) is 17.6. The number of benzene rings is 4. The highest BCUT2D eigenvalue weighted by Gasteiger charge is 2.19. The molecule has 33 heavy (non-hydrogen) atoms. The van der Waals surface area contributed by atoms with E-state index >= 15 is 0 Å². The van der Waals surface area contributed by atoms with Gasteiger partial charge in [0.15, 0.2) is 5.82 Å². The van der Waals surface area contributed by atoms with E-state index in [4.69, 9.17) is 4.74 Å². The second-order valence-corrected chi connectivity index (χ2v) is 7.27. The first-order chi connectivity index (χ1) is 16.3. The van der Waals surface area contributed by atoms with Crippen molar-refractivity contribution in [2.75, 3.05) is 5.32 Å². The average molecular weight is 432 g/mol. The van der Waals surface area contributed by atoms with Crippen LogP contribution in [0.5, 0.6) is 11.5 Å². The van der Waals surface area contributed by atoms with E-state index in [1.807, 2.05) is 91.0 Å². The Morgan fingerprint density at radius 3 is 1.94 bits per heavy atom. The molecule has 0 spiro atoms. The van der Waals surface area contributed by atoms with Crippen molar-refractivity contribution in [3.63, 3.8) is 0 Å². The van der Waals surface area contributed by atoms with E-state index in [0.717, 1.165) is 17.0 Å². The molecule has 0 aliphatic rings. The third-order valence-corrected chi connectivity index (χ3v) is 4.93. The summed E-state index contributed by atoms with van der Waals surface area (Å²) in [4.78, 5) is 17.5. The van der Waals surface area contributed by atoms with Crippen molar-refractivity contribution in [1.82, 2.24) is 14.8 Å². The van der Waals surface area contributed by atoms with Crippen LogP contribution in [0, 0.1) is 0 Å². The van der Waals surface area contributed by atoms with Gasteiger partial charge in [-0.2, -0.15) is 0 Å². The fourth-order valence-corrected chi connectivity index (χ4v) is 3.35. The topological polar surface area (TPSA) is 69.0 Å². The Kier molecular flexibility index (Phi) is 5.63. The summed E-state index contributed by atoms with van der Waals surface area (Å²) in [5.74, 6) is 1.72. The smallest absolute Gasteiger partial charge is 0.295 e. The van der Waals surface area contributed by atoms with E-state index < -0.39 is 5.91 Å². The Morgan fingerprint density at radius 1 is 0.697 bits per heavy atom. The summed E-state index contributed by atoms with van der Waals surface area (Å²) in [6.07, 6.45) is 0. The summed E-state index contributed by atoms with van der Waals surface area (Å²) in [6.45, 7) is 0. The molecule has 0 bridgehead atoms. The van der Waals surface area contributed by atoms with Gasteiger partial charge in [-0.1, -0.05) is 66.7 Å². The van der Waals surface area contributed by atoms with Gasteiger partial charge < -0.3 is 10.1 Å². The van der Waals surface area contributed by atoms with Crippen LogP contribution in [0.4, 0.5) is 5.69 Å². The Hall–Kier alpha value is -4.71. The van der Waals surface area contributed by atoms with Crippen LogP contribution in [0.1, 0.15) is 10.6 Å². The maximum Gasteiger partial charge on any atom is 0.295 e. The molecule has 0 atom stereocenters. The van der Waals surface area contributed by atoms with Crippen molar-refractivity contribution in [2.24, 2.45) is 0 Å². The van der Waals surface area contributed by atoms with E-state index in [2.05, 4.69) is 15.4 Å².